The van der Waals surface area contributed by atoms with Crippen LogP contribution in [0.15, 0.2) is 10.7 Å². The fraction of sp³-hybridized carbons (Fsp3) is 0.692. The Balaban J connectivity index is 2.00. The van der Waals surface area contributed by atoms with Gasteiger partial charge in [0, 0.05) is 6.04 Å². The topological polar surface area (TPSA) is 64.4 Å². The summed E-state index contributed by atoms with van der Waals surface area (Å²) in [5, 5.41) is 3.26. The summed E-state index contributed by atoms with van der Waals surface area (Å²) in [7, 11) is 0. The zero-order chi connectivity index (χ0) is 13.2. The molecule has 1 saturated carbocycles. The zero-order valence-electron chi connectivity index (χ0n) is 11.2. The van der Waals surface area contributed by atoms with Gasteiger partial charge in [-0.2, -0.15) is 4.98 Å². The largest absolute Gasteiger partial charge is 0.461 e. The Morgan fingerprint density at radius 1 is 1.67 bits per heavy atom. The van der Waals surface area contributed by atoms with Gasteiger partial charge in [-0.15, -0.1) is 0 Å². The van der Waals surface area contributed by atoms with Crippen LogP contribution in [-0.4, -0.2) is 23.6 Å². The zero-order valence-corrected chi connectivity index (χ0v) is 11.2. The maximum atomic E-state index is 11.5. The minimum absolute atomic E-state index is 0.218. The number of ether oxygens (including phenoxy) is 1. The average molecular weight is 252 g/mol. The summed E-state index contributed by atoms with van der Waals surface area (Å²) < 4.78 is 10.1. The number of nitrogens with one attached hydrogen (secondary N) is 1. The SMILES string of the molecule is CCOC(=O)c1coc(NC2CCCC2(C)C)n1. The molecule has 0 radical (unpaired) electrons. The fourth-order valence-electron chi connectivity index (χ4n) is 2.38. The molecule has 0 bridgehead atoms. The van der Waals surface area contributed by atoms with E-state index in [0.29, 0.717) is 18.7 Å². The lowest BCUT2D eigenvalue weighted by molar-refractivity contribution is 0.0519. The average Bonchev–Trinajstić information content (AvgIpc) is 2.88. The molecule has 0 amide bonds. The molecule has 0 aliphatic heterocycles. The van der Waals surface area contributed by atoms with Crippen molar-refractivity contribution in [2.75, 3.05) is 11.9 Å². The number of nitrogens with zero attached hydrogens (tertiary/aromatic N) is 1. The maximum absolute atomic E-state index is 11.5. The van der Waals surface area contributed by atoms with Gasteiger partial charge in [0.05, 0.1) is 6.61 Å². The Bertz CT molecular complexity index is 426. The molecule has 0 spiro atoms. The highest BCUT2D eigenvalue weighted by atomic mass is 16.5. The number of hydrogen-bond donors (Lipinski definition) is 1. The normalized spacial score (nSPS) is 21.8. The van der Waals surface area contributed by atoms with E-state index in [1.165, 1.54) is 19.1 Å². The van der Waals surface area contributed by atoms with Crippen LogP contribution in [0.25, 0.3) is 0 Å². The third-order valence-electron chi connectivity index (χ3n) is 3.54. The van der Waals surface area contributed by atoms with Crippen LogP contribution < -0.4 is 5.32 Å². The van der Waals surface area contributed by atoms with E-state index in [0.717, 1.165) is 6.42 Å². The van der Waals surface area contributed by atoms with Crippen LogP contribution in [0.2, 0.25) is 0 Å². The molecule has 1 fully saturated rings. The third-order valence-corrected chi connectivity index (χ3v) is 3.54. The van der Waals surface area contributed by atoms with E-state index in [1.54, 1.807) is 6.92 Å². The van der Waals surface area contributed by atoms with Crippen molar-refractivity contribution in [1.82, 2.24) is 4.98 Å². The van der Waals surface area contributed by atoms with Crippen LogP contribution in [0.3, 0.4) is 0 Å². The van der Waals surface area contributed by atoms with Gasteiger partial charge in [-0.1, -0.05) is 20.3 Å². The standard InChI is InChI=1S/C13H20N2O3/c1-4-17-11(16)9-8-18-12(14-9)15-10-6-5-7-13(10,2)3/h8,10H,4-7H2,1-3H3,(H,14,15). The van der Waals surface area contributed by atoms with Crippen molar-refractivity contribution in [3.63, 3.8) is 0 Å². The smallest absolute Gasteiger partial charge is 0.360 e. The number of rotatable bonds is 4. The van der Waals surface area contributed by atoms with Crippen molar-refractivity contribution in [2.45, 2.75) is 46.1 Å². The van der Waals surface area contributed by atoms with Crippen molar-refractivity contribution >= 4 is 12.0 Å². The molecule has 1 atom stereocenters. The Morgan fingerprint density at radius 3 is 3.06 bits per heavy atom. The molecule has 1 aromatic rings. The molecule has 5 heteroatoms. The Hall–Kier alpha value is -1.52. The van der Waals surface area contributed by atoms with Crippen molar-refractivity contribution in [1.29, 1.82) is 0 Å². The molecule has 1 aliphatic rings. The third kappa shape index (κ3) is 2.66. The summed E-state index contributed by atoms with van der Waals surface area (Å²) in [4.78, 5) is 15.6. The number of anilines is 1. The van der Waals surface area contributed by atoms with Crippen LogP contribution >= 0.6 is 0 Å². The van der Waals surface area contributed by atoms with Gasteiger partial charge in [0.1, 0.15) is 6.26 Å². The van der Waals surface area contributed by atoms with Gasteiger partial charge in [0.25, 0.3) is 6.01 Å². The molecular weight excluding hydrogens is 232 g/mol. The summed E-state index contributed by atoms with van der Waals surface area (Å²) in [6.07, 6.45) is 4.83. The first kappa shape index (κ1) is 12.9. The number of carbonyl (C=O) groups is 1. The van der Waals surface area contributed by atoms with E-state index in [-0.39, 0.29) is 11.1 Å². The van der Waals surface area contributed by atoms with Gasteiger partial charge >= 0.3 is 5.97 Å². The number of carbonyl (C=O) groups excluding carboxylic acids is 1. The molecule has 0 aromatic carbocycles. The van der Waals surface area contributed by atoms with E-state index in [1.807, 2.05) is 0 Å². The Morgan fingerprint density at radius 2 is 2.44 bits per heavy atom. The molecule has 18 heavy (non-hydrogen) atoms. The van der Waals surface area contributed by atoms with Crippen LogP contribution in [0.5, 0.6) is 0 Å². The monoisotopic (exact) mass is 252 g/mol. The predicted octanol–water partition coefficient (Wildman–Crippen LogP) is 2.84. The van der Waals surface area contributed by atoms with E-state index >= 15 is 0 Å². The summed E-state index contributed by atoms with van der Waals surface area (Å²) >= 11 is 0. The Labute approximate surface area is 107 Å². The van der Waals surface area contributed by atoms with Crippen molar-refractivity contribution in [3.05, 3.63) is 12.0 Å². The van der Waals surface area contributed by atoms with Gasteiger partial charge < -0.3 is 14.5 Å². The molecule has 1 unspecified atom stereocenters. The summed E-state index contributed by atoms with van der Waals surface area (Å²) in [5.41, 5.74) is 0.452. The van der Waals surface area contributed by atoms with Crippen LogP contribution in [0.4, 0.5) is 6.01 Å². The second kappa shape index (κ2) is 5.00. The minimum Gasteiger partial charge on any atom is -0.461 e. The molecule has 0 saturated heterocycles. The number of oxazole rings is 1. The second-order valence-corrected chi connectivity index (χ2v) is 5.34. The molecule has 100 valence electrons. The van der Waals surface area contributed by atoms with Crippen molar-refractivity contribution < 1.29 is 13.9 Å². The number of esters is 1. The first-order chi connectivity index (χ1) is 8.53. The molecule has 1 aliphatic carbocycles. The molecule has 2 rings (SSSR count). The maximum Gasteiger partial charge on any atom is 0.360 e. The van der Waals surface area contributed by atoms with Crippen LogP contribution in [-0.2, 0) is 4.74 Å². The molecule has 1 heterocycles. The first-order valence-electron chi connectivity index (χ1n) is 6.42. The molecule has 5 nitrogen and oxygen atoms in total. The lowest BCUT2D eigenvalue weighted by Gasteiger charge is -2.26. The van der Waals surface area contributed by atoms with E-state index in [2.05, 4.69) is 24.1 Å². The summed E-state index contributed by atoms with van der Waals surface area (Å²) in [5.74, 6) is -0.444. The molecule has 1 aromatic heterocycles. The predicted molar refractivity (Wildman–Crippen MR) is 67.5 cm³/mol. The summed E-state index contributed by atoms with van der Waals surface area (Å²) in [6.45, 7) is 6.56. The lowest BCUT2D eigenvalue weighted by Crippen LogP contribution is -2.30. The van der Waals surface area contributed by atoms with Crippen LogP contribution in [0.1, 0.15) is 50.5 Å². The Kier molecular flexibility index (Phi) is 3.59. The van der Waals surface area contributed by atoms with Gasteiger partial charge in [0.15, 0.2) is 5.69 Å². The molecule has 1 N–H and O–H groups in total. The quantitative estimate of drug-likeness (QED) is 0.835. The van der Waals surface area contributed by atoms with Gasteiger partial charge in [-0.25, -0.2) is 4.79 Å². The summed E-state index contributed by atoms with van der Waals surface area (Å²) in [6, 6.07) is 0.740. The highest BCUT2D eigenvalue weighted by Crippen LogP contribution is 2.38. The van der Waals surface area contributed by atoms with Gasteiger partial charge in [0.2, 0.25) is 0 Å². The fourth-order valence-corrected chi connectivity index (χ4v) is 2.38. The highest BCUT2D eigenvalue weighted by molar-refractivity contribution is 5.87. The highest BCUT2D eigenvalue weighted by Gasteiger charge is 2.35. The first-order valence-corrected chi connectivity index (χ1v) is 6.42. The van der Waals surface area contributed by atoms with Crippen LogP contribution in [0, 0.1) is 5.41 Å². The van der Waals surface area contributed by atoms with Gasteiger partial charge in [-0.05, 0) is 25.2 Å². The van der Waals surface area contributed by atoms with E-state index < -0.39 is 5.97 Å². The molecular formula is C13H20N2O3. The van der Waals surface area contributed by atoms with E-state index in [9.17, 15) is 4.79 Å². The second-order valence-electron chi connectivity index (χ2n) is 5.34. The van der Waals surface area contributed by atoms with E-state index in [4.69, 9.17) is 9.15 Å². The van der Waals surface area contributed by atoms with Gasteiger partial charge in [-0.3, -0.25) is 0 Å². The van der Waals surface area contributed by atoms with Crippen molar-refractivity contribution in [3.8, 4) is 0 Å². The lowest BCUT2D eigenvalue weighted by atomic mass is 9.87. The number of aromatic nitrogens is 1. The number of hydrogen-bond acceptors (Lipinski definition) is 5. The van der Waals surface area contributed by atoms with Crippen molar-refractivity contribution in [2.24, 2.45) is 5.41 Å². The minimum atomic E-state index is -0.444.